The van der Waals surface area contributed by atoms with Gasteiger partial charge in [-0.3, -0.25) is 4.79 Å². The summed E-state index contributed by atoms with van der Waals surface area (Å²) >= 11 is 0. The first kappa shape index (κ1) is 19.9. The van der Waals surface area contributed by atoms with E-state index in [1.165, 1.54) is 31.4 Å². The first-order valence-corrected chi connectivity index (χ1v) is 9.60. The number of rotatable bonds is 8. The topological polar surface area (TPSA) is 79.4 Å². The van der Waals surface area contributed by atoms with Gasteiger partial charge >= 0.3 is 0 Å². The van der Waals surface area contributed by atoms with Crippen LogP contribution in [0, 0.1) is 12.7 Å². The first-order valence-electron chi connectivity index (χ1n) is 9.60. The second-order valence-electron chi connectivity index (χ2n) is 6.73. The van der Waals surface area contributed by atoms with Gasteiger partial charge in [0.1, 0.15) is 5.82 Å². The van der Waals surface area contributed by atoms with E-state index in [0.29, 0.717) is 19.0 Å². The predicted molar refractivity (Wildman–Crippen MR) is 106 cm³/mol. The molecule has 0 aliphatic carbocycles. The zero-order valence-corrected chi connectivity index (χ0v) is 16.1. The standard InChI is InChI=1S/C20H26FN5O2/c1-15-13-18(26-11-5-2-6-12-26)25-20(24-15)23-10-9-22-19(27)14-28-17-8-4-3-7-16(17)21/h3-4,7-8,13H,2,5-6,9-12,14H2,1H3,(H,22,27)(H,23,24,25). The Bertz CT molecular complexity index is 796. The fourth-order valence-corrected chi connectivity index (χ4v) is 3.05. The zero-order valence-electron chi connectivity index (χ0n) is 16.1. The molecule has 1 fully saturated rings. The number of anilines is 2. The van der Waals surface area contributed by atoms with Gasteiger partial charge in [0.25, 0.3) is 5.91 Å². The Balaban J connectivity index is 1.41. The summed E-state index contributed by atoms with van der Waals surface area (Å²) in [6.07, 6.45) is 3.64. The number of para-hydroxylation sites is 1. The van der Waals surface area contributed by atoms with Gasteiger partial charge in [0.2, 0.25) is 5.95 Å². The second-order valence-corrected chi connectivity index (χ2v) is 6.73. The number of benzene rings is 1. The van der Waals surface area contributed by atoms with Gasteiger partial charge in [-0.1, -0.05) is 12.1 Å². The largest absolute Gasteiger partial charge is 0.481 e. The van der Waals surface area contributed by atoms with E-state index in [2.05, 4.69) is 25.5 Å². The number of piperidine rings is 1. The van der Waals surface area contributed by atoms with Crippen molar-refractivity contribution in [2.24, 2.45) is 0 Å². The maximum absolute atomic E-state index is 13.4. The number of hydrogen-bond donors (Lipinski definition) is 2. The number of carbonyl (C=O) groups is 1. The van der Waals surface area contributed by atoms with E-state index in [4.69, 9.17) is 4.74 Å². The molecule has 1 aliphatic rings. The van der Waals surface area contributed by atoms with E-state index in [9.17, 15) is 9.18 Å². The lowest BCUT2D eigenvalue weighted by molar-refractivity contribution is -0.123. The van der Waals surface area contributed by atoms with Crippen LogP contribution in [0.1, 0.15) is 25.0 Å². The lowest BCUT2D eigenvalue weighted by atomic mass is 10.1. The molecule has 150 valence electrons. The van der Waals surface area contributed by atoms with Crippen molar-refractivity contribution in [3.05, 3.63) is 41.8 Å². The van der Waals surface area contributed by atoms with Crippen molar-refractivity contribution in [1.29, 1.82) is 0 Å². The van der Waals surface area contributed by atoms with Gasteiger partial charge in [0.15, 0.2) is 18.2 Å². The molecule has 1 saturated heterocycles. The minimum Gasteiger partial charge on any atom is -0.481 e. The number of nitrogens with one attached hydrogen (secondary N) is 2. The highest BCUT2D eigenvalue weighted by molar-refractivity contribution is 5.77. The van der Waals surface area contributed by atoms with Crippen molar-refractivity contribution < 1.29 is 13.9 Å². The number of ether oxygens (including phenoxy) is 1. The van der Waals surface area contributed by atoms with E-state index in [-0.39, 0.29) is 18.3 Å². The molecule has 28 heavy (non-hydrogen) atoms. The lowest BCUT2D eigenvalue weighted by Gasteiger charge is -2.28. The average Bonchev–Trinajstić information content (AvgIpc) is 2.71. The van der Waals surface area contributed by atoms with E-state index in [1.54, 1.807) is 12.1 Å². The summed E-state index contributed by atoms with van der Waals surface area (Å²) in [6.45, 7) is 4.62. The van der Waals surface area contributed by atoms with Crippen molar-refractivity contribution in [3.63, 3.8) is 0 Å². The molecule has 7 nitrogen and oxygen atoms in total. The minimum atomic E-state index is -0.488. The number of amides is 1. The van der Waals surface area contributed by atoms with Crippen molar-refractivity contribution in [2.45, 2.75) is 26.2 Å². The maximum Gasteiger partial charge on any atom is 0.258 e. The molecular formula is C20H26FN5O2. The first-order chi connectivity index (χ1) is 13.6. The summed E-state index contributed by atoms with van der Waals surface area (Å²) in [5.74, 6) is 0.755. The highest BCUT2D eigenvalue weighted by atomic mass is 19.1. The third-order valence-corrected chi connectivity index (χ3v) is 4.45. The third kappa shape index (κ3) is 5.80. The molecule has 2 N–H and O–H groups in total. The number of carbonyl (C=O) groups excluding carboxylic acids is 1. The van der Waals surface area contributed by atoms with Crippen LogP contribution in [0.5, 0.6) is 5.75 Å². The van der Waals surface area contributed by atoms with Gasteiger partial charge in [0.05, 0.1) is 0 Å². The molecule has 1 aromatic heterocycles. The number of aryl methyl sites for hydroxylation is 1. The molecule has 2 heterocycles. The van der Waals surface area contributed by atoms with Crippen LogP contribution in [0.25, 0.3) is 0 Å². The van der Waals surface area contributed by atoms with Gasteiger partial charge in [-0.25, -0.2) is 9.37 Å². The van der Waals surface area contributed by atoms with Crippen LogP contribution in [0.4, 0.5) is 16.2 Å². The molecule has 0 saturated carbocycles. The third-order valence-electron chi connectivity index (χ3n) is 4.45. The number of halogens is 1. The van der Waals surface area contributed by atoms with Crippen LogP contribution in [-0.2, 0) is 4.79 Å². The summed E-state index contributed by atoms with van der Waals surface area (Å²) in [7, 11) is 0. The molecule has 3 rings (SSSR count). The number of nitrogens with zero attached hydrogens (tertiary/aromatic N) is 3. The van der Waals surface area contributed by atoms with Crippen LogP contribution < -0.4 is 20.3 Å². The Labute approximate surface area is 164 Å². The molecule has 0 bridgehead atoms. The SMILES string of the molecule is Cc1cc(N2CCCCC2)nc(NCCNC(=O)COc2ccccc2F)n1. The Kier molecular flexibility index (Phi) is 7.00. The number of hydrogen-bond acceptors (Lipinski definition) is 6. The molecule has 0 spiro atoms. The predicted octanol–water partition coefficient (Wildman–Crippen LogP) is 2.52. The van der Waals surface area contributed by atoms with Crippen LogP contribution in [-0.4, -0.2) is 48.7 Å². The van der Waals surface area contributed by atoms with E-state index in [0.717, 1.165) is 24.6 Å². The molecule has 0 radical (unpaired) electrons. The Morgan fingerprint density at radius 3 is 2.75 bits per heavy atom. The zero-order chi connectivity index (χ0) is 19.8. The molecule has 1 amide bonds. The highest BCUT2D eigenvalue weighted by Gasteiger charge is 2.14. The van der Waals surface area contributed by atoms with Crippen molar-refractivity contribution in [3.8, 4) is 5.75 Å². The van der Waals surface area contributed by atoms with Gasteiger partial charge < -0.3 is 20.3 Å². The fraction of sp³-hybridized carbons (Fsp3) is 0.450. The molecular weight excluding hydrogens is 361 g/mol. The molecule has 8 heteroatoms. The Hall–Kier alpha value is -2.90. The molecule has 2 aromatic rings. The molecule has 1 aromatic carbocycles. The lowest BCUT2D eigenvalue weighted by Crippen LogP contribution is -2.33. The summed E-state index contributed by atoms with van der Waals surface area (Å²) in [4.78, 5) is 23.1. The molecule has 1 aliphatic heterocycles. The number of aromatic nitrogens is 2. The monoisotopic (exact) mass is 387 g/mol. The van der Waals surface area contributed by atoms with Crippen LogP contribution >= 0.6 is 0 Å². The van der Waals surface area contributed by atoms with Gasteiger partial charge in [0, 0.05) is 37.9 Å². The molecule has 0 unspecified atom stereocenters. The normalized spacial score (nSPS) is 13.9. The highest BCUT2D eigenvalue weighted by Crippen LogP contribution is 2.19. The van der Waals surface area contributed by atoms with Gasteiger partial charge in [-0.15, -0.1) is 0 Å². The Morgan fingerprint density at radius 2 is 1.96 bits per heavy atom. The average molecular weight is 387 g/mol. The summed E-state index contributed by atoms with van der Waals surface area (Å²) in [6, 6.07) is 7.99. The molecule has 0 atom stereocenters. The van der Waals surface area contributed by atoms with E-state index < -0.39 is 5.82 Å². The van der Waals surface area contributed by atoms with Gasteiger partial charge in [-0.05, 0) is 38.3 Å². The van der Waals surface area contributed by atoms with Crippen LogP contribution in [0.2, 0.25) is 0 Å². The minimum absolute atomic E-state index is 0.0641. The summed E-state index contributed by atoms with van der Waals surface area (Å²) in [5, 5.41) is 5.86. The maximum atomic E-state index is 13.4. The summed E-state index contributed by atoms with van der Waals surface area (Å²) in [5.41, 5.74) is 0.903. The Morgan fingerprint density at radius 1 is 1.18 bits per heavy atom. The van der Waals surface area contributed by atoms with Crippen LogP contribution in [0.15, 0.2) is 30.3 Å². The van der Waals surface area contributed by atoms with Crippen molar-refractivity contribution in [2.75, 3.05) is 43.0 Å². The van der Waals surface area contributed by atoms with E-state index in [1.807, 2.05) is 13.0 Å². The van der Waals surface area contributed by atoms with Crippen molar-refractivity contribution >= 4 is 17.7 Å². The second kappa shape index (κ2) is 9.87. The van der Waals surface area contributed by atoms with Crippen LogP contribution in [0.3, 0.4) is 0 Å². The van der Waals surface area contributed by atoms with Gasteiger partial charge in [-0.2, -0.15) is 4.98 Å². The smallest absolute Gasteiger partial charge is 0.258 e. The van der Waals surface area contributed by atoms with Crippen molar-refractivity contribution in [1.82, 2.24) is 15.3 Å². The van der Waals surface area contributed by atoms with E-state index >= 15 is 0 Å². The quantitative estimate of drug-likeness (QED) is 0.678. The summed E-state index contributed by atoms with van der Waals surface area (Å²) < 4.78 is 18.6. The fourth-order valence-electron chi connectivity index (χ4n) is 3.05.